The first kappa shape index (κ1) is 62.3. The zero-order valence-electron chi connectivity index (χ0n) is 54.3. The molecule has 8 N–H and O–H groups in total. The van der Waals surface area contributed by atoms with Gasteiger partial charge in [-0.2, -0.15) is 0 Å². The fourth-order valence-electron chi connectivity index (χ4n) is 14.0. The molecule has 0 fully saturated rings. The highest BCUT2D eigenvalue weighted by molar-refractivity contribution is 6.20. The van der Waals surface area contributed by atoms with E-state index in [0.29, 0.717) is 76.2 Å². The number of hydrogen-bond donors (Lipinski definition) is 8. The van der Waals surface area contributed by atoms with Crippen molar-refractivity contribution in [3.8, 4) is 11.5 Å². The Morgan fingerprint density at radius 3 is 1.60 bits per heavy atom. The van der Waals surface area contributed by atoms with Crippen LogP contribution < -0.4 is 67.8 Å². The van der Waals surface area contributed by atoms with E-state index >= 15 is 0 Å². The van der Waals surface area contributed by atoms with Crippen LogP contribution in [0.3, 0.4) is 0 Å². The number of fused-ring (bicyclic) bond motifs is 8. The molecule has 11 rings (SSSR count). The SMILES string of the molecule is CC1=CC(C)(C)Nc2cc3c(cc21)C(C(=O)NCCCCCC(=O)NCCOCCNC(=O)CCCCCNC(=O)c1ccc(C2=c4cc5c(cc4Oc4cc6c(cc42)C(C)=CC(C)(C)N6)=[NH+]C(C)(C)C=C5C)cc1)=c1cc2c(cc1C3)=[NH+]C(C)(C)C=C2C. The third-order valence-corrected chi connectivity index (χ3v) is 17.8. The van der Waals surface area contributed by atoms with Gasteiger partial charge in [0.05, 0.1) is 35.9 Å². The highest BCUT2D eigenvalue weighted by atomic mass is 16.5. The molecule has 0 bridgehead atoms. The van der Waals surface area contributed by atoms with Crippen molar-refractivity contribution < 1.29 is 38.6 Å². The van der Waals surface area contributed by atoms with Gasteiger partial charge in [0, 0.05) is 134 Å². The summed E-state index contributed by atoms with van der Waals surface area (Å²) < 4.78 is 12.4. The first-order chi connectivity index (χ1) is 42.3. The maximum Gasteiger partial charge on any atom is 0.252 e. The number of anilines is 2. The van der Waals surface area contributed by atoms with Crippen LogP contribution in [0.25, 0.3) is 33.4 Å². The summed E-state index contributed by atoms with van der Waals surface area (Å²) in [5.74, 6) is 1.27. The lowest BCUT2D eigenvalue weighted by molar-refractivity contribution is -0.568. The number of allylic oxidation sites excluding steroid dienone is 4. The van der Waals surface area contributed by atoms with Crippen molar-refractivity contribution in [2.24, 2.45) is 0 Å². The molecule has 4 amide bonds. The van der Waals surface area contributed by atoms with Crippen LogP contribution in [0.4, 0.5) is 11.4 Å². The van der Waals surface area contributed by atoms with Gasteiger partial charge >= 0.3 is 0 Å². The number of hydrogen-bond acceptors (Lipinski definition) is 8. The topological polar surface area (TPSA) is 187 Å². The van der Waals surface area contributed by atoms with E-state index < -0.39 is 0 Å². The summed E-state index contributed by atoms with van der Waals surface area (Å²) in [5.41, 5.74) is 18.3. The third kappa shape index (κ3) is 13.9. The minimum atomic E-state index is -0.194. The zero-order chi connectivity index (χ0) is 63.2. The molecule has 0 saturated carbocycles. The summed E-state index contributed by atoms with van der Waals surface area (Å²) in [6, 6.07) is 25.5. The van der Waals surface area contributed by atoms with Crippen molar-refractivity contribution in [2.45, 2.75) is 163 Å². The minimum Gasteiger partial charge on any atom is -0.456 e. The summed E-state index contributed by atoms with van der Waals surface area (Å²) in [6.45, 7) is 28.5. The molecule has 0 aromatic heterocycles. The lowest BCUT2D eigenvalue weighted by Gasteiger charge is -2.33. The first-order valence-corrected chi connectivity index (χ1v) is 32.1. The Kier molecular flexibility index (Phi) is 17.4. The Balaban J connectivity index is 0.576. The van der Waals surface area contributed by atoms with Crippen molar-refractivity contribution in [1.82, 2.24) is 21.3 Å². The predicted molar refractivity (Wildman–Crippen MR) is 355 cm³/mol. The molecular formula is C75H90N8O6+2. The van der Waals surface area contributed by atoms with E-state index in [1.54, 1.807) is 0 Å². The molecule has 5 aromatic rings. The minimum absolute atomic E-state index is 0.0351. The number of rotatable bonds is 21. The van der Waals surface area contributed by atoms with E-state index in [4.69, 9.17) is 9.47 Å². The molecule has 5 aromatic carbocycles. The second-order valence-corrected chi connectivity index (χ2v) is 27.6. The number of carbonyl (C=O) groups excluding carboxylic acids is 4. The maximum atomic E-state index is 14.4. The van der Waals surface area contributed by atoms with Crippen molar-refractivity contribution in [3.05, 3.63) is 174 Å². The van der Waals surface area contributed by atoms with Crippen LogP contribution in [0, 0.1) is 0 Å². The normalized spacial score (nSPS) is 17.0. The summed E-state index contributed by atoms with van der Waals surface area (Å²) >= 11 is 0. The Hall–Kier alpha value is -8.36. The second-order valence-electron chi connectivity index (χ2n) is 27.6. The Morgan fingerprint density at radius 2 is 1.01 bits per heavy atom. The van der Waals surface area contributed by atoms with Crippen LogP contribution >= 0.6 is 0 Å². The van der Waals surface area contributed by atoms with Crippen LogP contribution in [-0.2, 0) is 25.5 Å². The third-order valence-electron chi connectivity index (χ3n) is 17.8. The van der Waals surface area contributed by atoms with Gasteiger partial charge in [0.15, 0.2) is 11.1 Å². The molecule has 0 unspecified atom stereocenters. The highest BCUT2D eigenvalue weighted by Crippen LogP contribution is 2.44. The van der Waals surface area contributed by atoms with E-state index in [0.717, 1.165) is 132 Å². The van der Waals surface area contributed by atoms with E-state index in [-0.39, 0.29) is 45.8 Å². The standard InChI is InChI=1S/C75H88N8O6/c1-44-40-72(5,6)80-60-32-50-31-51-33-61-53(45(2)41-73(7,8)81-61)35-57(51)69(56(50)34-52(44)60)71(87)79-26-18-14-16-20-67(85)77-28-30-88-29-27-76-66(84)19-15-13-17-25-78-70(86)49-23-21-48(22-24-49)68-58-36-54-46(3)42-74(9,10)82-62(54)38-64(58)89-65-39-63-55(37-59(65)68)47(4)43-75(11,12)83-63/h21-24,32-43,80,82H,13-20,25-31H2,1-12H3,(H,76,84)(H,77,85)(H,78,86)(H,79,87)/p+2. The Bertz CT molecular complexity index is 4140. The van der Waals surface area contributed by atoms with E-state index in [1.165, 1.54) is 22.3 Å². The summed E-state index contributed by atoms with van der Waals surface area (Å²) in [6.07, 6.45) is 15.1. The van der Waals surface area contributed by atoms with Crippen molar-refractivity contribution in [2.75, 3.05) is 50.0 Å². The molecule has 0 atom stereocenters. The van der Waals surface area contributed by atoms with Crippen molar-refractivity contribution >= 4 is 68.4 Å². The van der Waals surface area contributed by atoms with Gasteiger partial charge in [0.25, 0.3) is 11.8 Å². The molecule has 0 spiro atoms. The lowest BCUT2D eigenvalue weighted by Crippen LogP contribution is -2.89. The van der Waals surface area contributed by atoms with Gasteiger partial charge < -0.3 is 41.4 Å². The van der Waals surface area contributed by atoms with Gasteiger partial charge in [0.2, 0.25) is 22.5 Å². The highest BCUT2D eigenvalue weighted by Gasteiger charge is 2.34. The number of carbonyl (C=O) groups is 4. The molecule has 14 heteroatoms. The van der Waals surface area contributed by atoms with E-state index in [9.17, 15) is 19.2 Å². The molecule has 464 valence electrons. The van der Waals surface area contributed by atoms with Gasteiger partial charge in [-0.15, -0.1) is 0 Å². The number of amides is 4. The molecule has 0 radical (unpaired) electrons. The maximum absolute atomic E-state index is 14.4. The molecule has 1 aliphatic carbocycles. The summed E-state index contributed by atoms with van der Waals surface area (Å²) in [4.78, 5) is 60.4. The molecular weight excluding hydrogens is 1110 g/mol. The van der Waals surface area contributed by atoms with Crippen LogP contribution in [0.5, 0.6) is 11.5 Å². The van der Waals surface area contributed by atoms with E-state index in [1.807, 2.05) is 24.3 Å². The van der Waals surface area contributed by atoms with Gasteiger partial charge in [-0.1, -0.05) is 37.1 Å². The predicted octanol–water partition coefficient (Wildman–Crippen LogP) is 7.07. The van der Waals surface area contributed by atoms with Crippen LogP contribution in [0.2, 0.25) is 0 Å². The quantitative estimate of drug-likeness (QED) is 0.0352. The van der Waals surface area contributed by atoms with Gasteiger partial charge in [0.1, 0.15) is 11.5 Å². The summed E-state index contributed by atoms with van der Waals surface area (Å²) in [5, 5.41) is 23.7. The average Bonchev–Trinajstić information content (AvgIpc) is 0.777. The van der Waals surface area contributed by atoms with Crippen LogP contribution in [-0.4, -0.2) is 85.2 Å². The van der Waals surface area contributed by atoms with Crippen molar-refractivity contribution in [1.29, 1.82) is 0 Å². The van der Waals surface area contributed by atoms with Crippen molar-refractivity contribution in [3.63, 3.8) is 0 Å². The smallest absolute Gasteiger partial charge is 0.252 e. The lowest BCUT2D eigenvalue weighted by atomic mass is 9.80. The molecule has 5 heterocycles. The molecule has 6 aliphatic rings. The van der Waals surface area contributed by atoms with Crippen LogP contribution in [0.15, 0.2) is 97.1 Å². The van der Waals surface area contributed by atoms with Gasteiger partial charge in [-0.25, -0.2) is 9.98 Å². The first-order valence-electron chi connectivity index (χ1n) is 32.1. The Morgan fingerprint density at radius 1 is 0.494 bits per heavy atom. The molecule has 5 aliphatic heterocycles. The number of ether oxygens (including phenoxy) is 2. The van der Waals surface area contributed by atoms with Crippen LogP contribution in [0.1, 0.15) is 195 Å². The summed E-state index contributed by atoms with van der Waals surface area (Å²) in [7, 11) is 0. The fraction of sp³-hybridized carbons (Fsp3) is 0.413. The number of unbranched alkanes of at least 4 members (excludes halogenated alkanes) is 4. The average molecular weight is 1200 g/mol. The molecule has 0 saturated heterocycles. The number of nitrogens with one attached hydrogen (secondary N) is 8. The van der Waals surface area contributed by atoms with Gasteiger partial charge in [-0.3, -0.25) is 19.2 Å². The van der Waals surface area contributed by atoms with Gasteiger partial charge in [-0.05, 0) is 192 Å². The monoisotopic (exact) mass is 1200 g/mol. The van der Waals surface area contributed by atoms with E-state index in [2.05, 4.69) is 198 Å². The second kappa shape index (κ2) is 24.9. The molecule has 89 heavy (non-hydrogen) atoms. The fourth-order valence-corrected chi connectivity index (χ4v) is 14.0. The Labute approximate surface area is 524 Å². The number of benzene rings is 5. The zero-order valence-corrected chi connectivity index (χ0v) is 54.3. The largest absolute Gasteiger partial charge is 0.456 e. The molecule has 14 nitrogen and oxygen atoms in total.